The van der Waals surface area contributed by atoms with Crippen molar-refractivity contribution < 1.29 is 18.3 Å². The summed E-state index contributed by atoms with van der Waals surface area (Å²) < 4.78 is 24.9. The number of esters is 1. The molecule has 1 aromatic carbocycles. The van der Waals surface area contributed by atoms with Gasteiger partial charge < -0.3 is 14.5 Å². The Morgan fingerprint density at radius 1 is 1.27 bits per heavy atom. The molecule has 0 fully saturated rings. The van der Waals surface area contributed by atoms with Crippen LogP contribution in [0.25, 0.3) is 11.0 Å². The highest BCUT2D eigenvalue weighted by Crippen LogP contribution is 2.35. The van der Waals surface area contributed by atoms with Gasteiger partial charge in [0.25, 0.3) is 0 Å². The van der Waals surface area contributed by atoms with Crippen molar-refractivity contribution in [2.24, 2.45) is 0 Å². The molecule has 0 aliphatic heterocycles. The Kier molecular flexibility index (Phi) is 6.33. The van der Waals surface area contributed by atoms with Gasteiger partial charge in [-0.3, -0.25) is 4.98 Å². The van der Waals surface area contributed by atoms with E-state index in [1.807, 2.05) is 20.8 Å². The number of nitrogens with one attached hydrogen (secondary N) is 1. The van der Waals surface area contributed by atoms with E-state index in [4.69, 9.17) is 9.15 Å². The monoisotopic (exact) mass is 358 g/mol. The second kappa shape index (κ2) is 8.47. The highest BCUT2D eigenvalue weighted by molar-refractivity contribution is 6.05. The van der Waals surface area contributed by atoms with E-state index >= 15 is 0 Å². The van der Waals surface area contributed by atoms with Crippen molar-refractivity contribution in [3.63, 3.8) is 0 Å². The molecule has 0 radical (unpaired) electrons. The minimum absolute atomic E-state index is 0.00271. The lowest BCUT2D eigenvalue weighted by Gasteiger charge is -2.08. The second-order valence-corrected chi connectivity index (χ2v) is 5.47. The molecule has 0 spiro atoms. The number of ether oxygens (including phenoxy) is 1. The van der Waals surface area contributed by atoms with Gasteiger partial charge in [0.2, 0.25) is 5.76 Å². The van der Waals surface area contributed by atoms with Crippen LogP contribution in [0.5, 0.6) is 0 Å². The van der Waals surface area contributed by atoms with Crippen LogP contribution in [-0.4, -0.2) is 17.6 Å². The van der Waals surface area contributed by atoms with Crippen molar-refractivity contribution in [1.29, 1.82) is 0 Å². The van der Waals surface area contributed by atoms with Crippen LogP contribution >= 0.6 is 0 Å². The summed E-state index contributed by atoms with van der Waals surface area (Å²) in [5.74, 6) is -1.02. The van der Waals surface area contributed by atoms with Gasteiger partial charge in [0, 0.05) is 18.0 Å². The molecule has 1 N–H and O–H groups in total. The molecule has 138 valence electrons. The van der Waals surface area contributed by atoms with E-state index in [1.165, 1.54) is 6.07 Å². The van der Waals surface area contributed by atoms with Crippen LogP contribution in [0.15, 0.2) is 35.0 Å². The summed E-state index contributed by atoms with van der Waals surface area (Å²) in [5, 5.41) is 3.54. The van der Waals surface area contributed by atoms with Gasteiger partial charge in [-0.25, -0.2) is 9.18 Å². The molecule has 0 atom stereocenters. The summed E-state index contributed by atoms with van der Waals surface area (Å²) in [4.78, 5) is 16.3. The fourth-order valence-corrected chi connectivity index (χ4v) is 2.46. The number of carbonyl (C=O) groups is 1. The minimum Gasteiger partial charge on any atom is -0.460 e. The summed E-state index contributed by atoms with van der Waals surface area (Å²) in [6, 6.07) is 4.81. The van der Waals surface area contributed by atoms with Crippen LogP contribution in [0.4, 0.5) is 15.8 Å². The number of hydrogen-bond donors (Lipinski definition) is 1. The summed E-state index contributed by atoms with van der Waals surface area (Å²) >= 11 is 0. The van der Waals surface area contributed by atoms with Crippen LogP contribution in [0.2, 0.25) is 0 Å². The molecule has 0 aliphatic rings. The number of benzene rings is 1. The van der Waals surface area contributed by atoms with E-state index in [1.54, 1.807) is 38.4 Å². The van der Waals surface area contributed by atoms with Crippen molar-refractivity contribution in [1.82, 2.24) is 4.98 Å². The van der Waals surface area contributed by atoms with Gasteiger partial charge in [-0.05, 0) is 38.5 Å². The van der Waals surface area contributed by atoms with E-state index in [-0.39, 0.29) is 18.1 Å². The fraction of sp³-hybridized carbons (Fsp3) is 0.300. The smallest absolute Gasteiger partial charge is 0.376 e. The number of rotatable bonds is 4. The molecule has 2 aromatic heterocycles. The molecule has 2 heterocycles. The maximum Gasteiger partial charge on any atom is 0.376 e. The quantitative estimate of drug-likeness (QED) is 0.621. The lowest BCUT2D eigenvalue weighted by atomic mass is 10.2. The molecule has 3 rings (SSSR count). The number of pyridine rings is 1. The Morgan fingerprint density at radius 2 is 2.00 bits per heavy atom. The van der Waals surface area contributed by atoms with Gasteiger partial charge in [-0.1, -0.05) is 19.9 Å². The van der Waals surface area contributed by atoms with Crippen molar-refractivity contribution in [2.75, 3.05) is 11.9 Å². The molecule has 0 unspecified atom stereocenters. The van der Waals surface area contributed by atoms with Crippen LogP contribution in [0.1, 0.15) is 42.5 Å². The first-order valence-corrected chi connectivity index (χ1v) is 8.58. The number of furan rings is 1. The lowest BCUT2D eigenvalue weighted by Crippen LogP contribution is -2.06. The second-order valence-electron chi connectivity index (χ2n) is 5.47. The van der Waals surface area contributed by atoms with Gasteiger partial charge in [0.1, 0.15) is 17.1 Å². The molecule has 0 saturated heterocycles. The number of nitrogens with zero attached hydrogens (tertiary/aromatic N) is 1. The van der Waals surface area contributed by atoms with Gasteiger partial charge in [0.05, 0.1) is 17.7 Å². The average Bonchev–Trinajstić information content (AvgIpc) is 2.99. The standard InChI is InChI=1S/C18H17FN2O3.C2H6/c1-4-23-18(22)17-15(12-9-20-8-11(3)16(12)24-17)21-14-6-5-10(2)7-13(14)19;1-2/h5-9,21H,4H2,1-3H3;1-2H3. The SMILES string of the molecule is CC.CCOC(=O)c1oc2c(C)cncc2c1Nc1ccc(C)cc1F. The van der Waals surface area contributed by atoms with Gasteiger partial charge in [0.15, 0.2) is 0 Å². The third kappa shape index (κ3) is 3.85. The summed E-state index contributed by atoms with van der Waals surface area (Å²) in [7, 11) is 0. The number of halogens is 1. The Balaban J connectivity index is 0.00000117. The first kappa shape index (κ1) is 19.4. The molecular formula is C20H23FN2O3. The van der Waals surface area contributed by atoms with Crippen LogP contribution in [0.3, 0.4) is 0 Å². The number of anilines is 2. The molecule has 0 amide bonds. The first-order chi connectivity index (χ1) is 12.5. The van der Waals surface area contributed by atoms with Gasteiger partial charge in [-0.15, -0.1) is 0 Å². The van der Waals surface area contributed by atoms with Gasteiger partial charge in [-0.2, -0.15) is 0 Å². The molecule has 0 saturated carbocycles. The Hall–Kier alpha value is -2.89. The number of hydrogen-bond acceptors (Lipinski definition) is 5. The minimum atomic E-state index is -0.608. The van der Waals surface area contributed by atoms with E-state index in [0.717, 1.165) is 11.1 Å². The molecule has 3 aromatic rings. The predicted octanol–water partition coefficient (Wildman–Crippen LogP) is 5.53. The van der Waals surface area contributed by atoms with Crippen LogP contribution in [-0.2, 0) is 4.74 Å². The zero-order valence-electron chi connectivity index (χ0n) is 15.6. The topological polar surface area (TPSA) is 64.4 Å². The third-order valence-corrected chi connectivity index (χ3v) is 3.62. The summed E-state index contributed by atoms with van der Waals surface area (Å²) in [6.45, 7) is 9.55. The third-order valence-electron chi connectivity index (χ3n) is 3.62. The predicted molar refractivity (Wildman–Crippen MR) is 100 cm³/mol. The molecule has 26 heavy (non-hydrogen) atoms. The van der Waals surface area contributed by atoms with Gasteiger partial charge >= 0.3 is 5.97 Å². The van der Waals surface area contributed by atoms with Crippen LogP contribution in [0, 0.1) is 19.7 Å². The molecule has 0 bridgehead atoms. The summed E-state index contributed by atoms with van der Waals surface area (Å²) in [5.41, 5.74) is 2.69. The Bertz CT molecular complexity index is 919. The Labute approximate surface area is 152 Å². The number of fused-ring (bicyclic) bond motifs is 1. The zero-order chi connectivity index (χ0) is 19.3. The number of aryl methyl sites for hydroxylation is 2. The number of aromatic nitrogens is 1. The highest BCUT2D eigenvalue weighted by Gasteiger charge is 2.23. The van der Waals surface area contributed by atoms with E-state index < -0.39 is 11.8 Å². The van der Waals surface area contributed by atoms with Crippen LogP contribution < -0.4 is 5.32 Å². The zero-order valence-corrected chi connectivity index (χ0v) is 15.6. The average molecular weight is 358 g/mol. The summed E-state index contributed by atoms with van der Waals surface area (Å²) in [6.07, 6.45) is 3.21. The normalized spacial score (nSPS) is 10.2. The van der Waals surface area contributed by atoms with Crippen molar-refractivity contribution in [3.8, 4) is 0 Å². The number of carbonyl (C=O) groups excluding carboxylic acids is 1. The molecule has 5 nitrogen and oxygen atoms in total. The van der Waals surface area contributed by atoms with Crippen molar-refractivity contribution in [2.45, 2.75) is 34.6 Å². The van der Waals surface area contributed by atoms with Crippen molar-refractivity contribution in [3.05, 3.63) is 53.3 Å². The fourth-order valence-electron chi connectivity index (χ4n) is 2.46. The maximum atomic E-state index is 14.2. The van der Waals surface area contributed by atoms with E-state index in [0.29, 0.717) is 16.7 Å². The molecule has 0 aliphatic carbocycles. The first-order valence-electron chi connectivity index (χ1n) is 8.58. The largest absolute Gasteiger partial charge is 0.460 e. The van der Waals surface area contributed by atoms with E-state index in [9.17, 15) is 9.18 Å². The highest BCUT2D eigenvalue weighted by atomic mass is 19.1. The lowest BCUT2D eigenvalue weighted by molar-refractivity contribution is 0.0494. The molecular weight excluding hydrogens is 335 g/mol. The van der Waals surface area contributed by atoms with Crippen molar-refractivity contribution >= 4 is 28.3 Å². The molecule has 6 heteroatoms. The van der Waals surface area contributed by atoms with E-state index in [2.05, 4.69) is 10.3 Å². The Morgan fingerprint density at radius 3 is 2.65 bits per heavy atom. The maximum absolute atomic E-state index is 14.2.